The topological polar surface area (TPSA) is 92.4 Å². The molecule has 3 rings (SSSR count). The van der Waals surface area contributed by atoms with Gasteiger partial charge in [0.25, 0.3) is 5.91 Å². The van der Waals surface area contributed by atoms with Crippen molar-refractivity contribution in [3.05, 3.63) is 59.0 Å². The molecular weight excluding hydrogens is 323 g/mol. The largest absolute Gasteiger partial charge is 0.478 e. The molecule has 6 nitrogen and oxygen atoms in total. The third kappa shape index (κ3) is 2.97. The fraction of sp³-hybridized carbons (Fsp3) is 0. The van der Waals surface area contributed by atoms with Gasteiger partial charge in [-0.15, -0.1) is 11.3 Å². The molecule has 0 atom stereocenters. The maximum atomic E-state index is 12.9. The van der Waals surface area contributed by atoms with Gasteiger partial charge in [0, 0.05) is 10.9 Å². The number of carboxylic acid groups (broad SMARTS) is 1. The van der Waals surface area contributed by atoms with Gasteiger partial charge in [-0.05, 0) is 24.3 Å². The minimum Gasteiger partial charge on any atom is -0.478 e. The van der Waals surface area contributed by atoms with Crippen LogP contribution in [0.4, 0.5) is 10.1 Å². The number of carboxylic acids is 1. The number of thiophene rings is 1. The van der Waals surface area contributed by atoms with Gasteiger partial charge in [-0.1, -0.05) is 0 Å². The van der Waals surface area contributed by atoms with E-state index in [0.717, 1.165) is 23.5 Å². The molecule has 1 amide bonds. The Balaban J connectivity index is 1.93. The van der Waals surface area contributed by atoms with Crippen LogP contribution in [0.15, 0.2) is 46.5 Å². The predicted molar refractivity (Wildman–Crippen MR) is 81.1 cm³/mol. The zero-order valence-corrected chi connectivity index (χ0v) is 12.3. The van der Waals surface area contributed by atoms with Crippen LogP contribution in [-0.2, 0) is 0 Å². The second-order valence-corrected chi connectivity index (χ2v) is 5.34. The summed E-state index contributed by atoms with van der Waals surface area (Å²) in [5, 5.41) is 13.4. The molecule has 0 aliphatic heterocycles. The number of aromatic carboxylic acids is 1. The standard InChI is InChI=1S/C15H9FN2O4S/c16-9-3-1-8(2-4-9)13(19)18-10-7-23-12(11(10)15(20)21)14-17-5-6-22-14/h1-7H,(H,18,19)(H,20,21). The summed E-state index contributed by atoms with van der Waals surface area (Å²) in [5.74, 6) is -2.05. The smallest absolute Gasteiger partial charge is 0.339 e. The molecule has 3 aromatic rings. The Morgan fingerprint density at radius 3 is 2.61 bits per heavy atom. The van der Waals surface area contributed by atoms with E-state index in [2.05, 4.69) is 10.3 Å². The van der Waals surface area contributed by atoms with Crippen LogP contribution in [-0.4, -0.2) is 22.0 Å². The number of oxazole rings is 1. The van der Waals surface area contributed by atoms with Crippen molar-refractivity contribution >= 4 is 28.9 Å². The fourth-order valence-corrected chi connectivity index (χ4v) is 2.88. The normalized spacial score (nSPS) is 10.5. The number of nitrogens with one attached hydrogen (secondary N) is 1. The zero-order valence-electron chi connectivity index (χ0n) is 11.4. The number of benzene rings is 1. The molecule has 0 aliphatic rings. The summed E-state index contributed by atoms with van der Waals surface area (Å²) in [7, 11) is 0. The summed E-state index contributed by atoms with van der Waals surface area (Å²) in [6, 6.07) is 4.93. The van der Waals surface area contributed by atoms with E-state index < -0.39 is 17.7 Å². The molecule has 0 saturated carbocycles. The van der Waals surface area contributed by atoms with Crippen LogP contribution in [0.2, 0.25) is 0 Å². The van der Waals surface area contributed by atoms with E-state index in [1.165, 1.54) is 30.0 Å². The number of nitrogens with zero attached hydrogens (tertiary/aromatic N) is 1. The van der Waals surface area contributed by atoms with Crippen LogP contribution >= 0.6 is 11.3 Å². The molecular formula is C15H9FN2O4S. The number of amides is 1. The van der Waals surface area contributed by atoms with E-state index in [9.17, 15) is 19.1 Å². The van der Waals surface area contributed by atoms with Gasteiger partial charge in [0.05, 0.1) is 11.9 Å². The van der Waals surface area contributed by atoms with Gasteiger partial charge >= 0.3 is 5.97 Å². The molecule has 0 radical (unpaired) electrons. The first-order chi connectivity index (χ1) is 11.1. The molecule has 2 N–H and O–H groups in total. The van der Waals surface area contributed by atoms with Crippen molar-refractivity contribution in [3.8, 4) is 10.8 Å². The van der Waals surface area contributed by atoms with Crippen molar-refractivity contribution in [1.29, 1.82) is 0 Å². The van der Waals surface area contributed by atoms with Crippen molar-refractivity contribution in [2.24, 2.45) is 0 Å². The number of hydrogen-bond acceptors (Lipinski definition) is 5. The number of rotatable bonds is 4. The number of hydrogen-bond donors (Lipinski definition) is 2. The van der Waals surface area contributed by atoms with E-state index in [0.29, 0.717) is 4.88 Å². The molecule has 0 fully saturated rings. The van der Waals surface area contributed by atoms with E-state index in [-0.39, 0.29) is 22.7 Å². The van der Waals surface area contributed by atoms with Crippen LogP contribution < -0.4 is 5.32 Å². The van der Waals surface area contributed by atoms with Crippen molar-refractivity contribution in [2.75, 3.05) is 5.32 Å². The monoisotopic (exact) mass is 332 g/mol. The molecule has 2 aromatic heterocycles. The highest BCUT2D eigenvalue weighted by Gasteiger charge is 2.23. The zero-order chi connectivity index (χ0) is 16.4. The highest BCUT2D eigenvalue weighted by Crippen LogP contribution is 2.35. The quantitative estimate of drug-likeness (QED) is 0.763. The Hall–Kier alpha value is -3.00. The Bertz CT molecular complexity index is 856. The van der Waals surface area contributed by atoms with Gasteiger partial charge in [0.15, 0.2) is 0 Å². The third-order valence-corrected chi connectivity index (χ3v) is 3.95. The second kappa shape index (κ2) is 6.01. The van der Waals surface area contributed by atoms with E-state index in [1.54, 1.807) is 0 Å². The molecule has 0 aliphatic carbocycles. The Labute approximate surface area is 133 Å². The average Bonchev–Trinajstić information content (AvgIpc) is 3.16. The first kappa shape index (κ1) is 14.9. The minimum atomic E-state index is -1.21. The number of aromatic nitrogens is 1. The maximum absolute atomic E-state index is 12.9. The summed E-state index contributed by atoms with van der Waals surface area (Å²) >= 11 is 1.09. The first-order valence-electron chi connectivity index (χ1n) is 6.38. The summed E-state index contributed by atoms with van der Waals surface area (Å²) in [6.07, 6.45) is 2.73. The third-order valence-electron chi connectivity index (χ3n) is 2.99. The summed E-state index contributed by atoms with van der Waals surface area (Å²) < 4.78 is 18.0. The molecule has 2 heterocycles. The molecule has 0 bridgehead atoms. The highest BCUT2D eigenvalue weighted by molar-refractivity contribution is 7.14. The van der Waals surface area contributed by atoms with Crippen LogP contribution in [0.3, 0.4) is 0 Å². The van der Waals surface area contributed by atoms with Gasteiger partial charge in [0.2, 0.25) is 5.89 Å². The lowest BCUT2D eigenvalue weighted by molar-refractivity contribution is 0.0699. The minimum absolute atomic E-state index is 0.104. The van der Waals surface area contributed by atoms with Gasteiger partial charge in [-0.2, -0.15) is 0 Å². The lowest BCUT2D eigenvalue weighted by Crippen LogP contribution is -2.14. The van der Waals surface area contributed by atoms with Gasteiger partial charge in [-0.25, -0.2) is 14.2 Å². The van der Waals surface area contributed by atoms with Crippen molar-refractivity contribution < 1.29 is 23.5 Å². The molecule has 1 aromatic carbocycles. The second-order valence-electron chi connectivity index (χ2n) is 4.46. The average molecular weight is 332 g/mol. The summed E-state index contributed by atoms with van der Waals surface area (Å²) in [6.45, 7) is 0. The predicted octanol–water partition coefficient (Wildman–Crippen LogP) is 3.49. The Kier molecular flexibility index (Phi) is 3.90. The van der Waals surface area contributed by atoms with Crippen LogP contribution in [0.1, 0.15) is 20.7 Å². The molecule has 8 heteroatoms. The van der Waals surface area contributed by atoms with Crippen molar-refractivity contribution in [1.82, 2.24) is 4.98 Å². The van der Waals surface area contributed by atoms with E-state index in [1.807, 2.05) is 0 Å². The SMILES string of the molecule is O=C(Nc1csc(-c2ncco2)c1C(=O)O)c1ccc(F)cc1. The molecule has 116 valence electrons. The summed E-state index contributed by atoms with van der Waals surface area (Å²) in [4.78, 5) is 27.9. The first-order valence-corrected chi connectivity index (χ1v) is 7.26. The number of anilines is 1. The van der Waals surface area contributed by atoms with Gasteiger partial charge in [0.1, 0.15) is 22.5 Å². The Morgan fingerprint density at radius 2 is 2.00 bits per heavy atom. The van der Waals surface area contributed by atoms with Crippen LogP contribution in [0.25, 0.3) is 10.8 Å². The molecule has 0 saturated heterocycles. The van der Waals surface area contributed by atoms with Gasteiger partial charge in [-0.3, -0.25) is 4.79 Å². The van der Waals surface area contributed by atoms with Crippen molar-refractivity contribution in [3.63, 3.8) is 0 Å². The van der Waals surface area contributed by atoms with Crippen LogP contribution in [0.5, 0.6) is 0 Å². The molecule has 0 spiro atoms. The highest BCUT2D eigenvalue weighted by atomic mass is 32.1. The maximum Gasteiger partial charge on any atom is 0.339 e. The number of halogens is 1. The number of carbonyl (C=O) groups is 2. The van der Waals surface area contributed by atoms with E-state index >= 15 is 0 Å². The summed E-state index contributed by atoms with van der Waals surface area (Å²) in [5.41, 5.74) is 0.240. The van der Waals surface area contributed by atoms with Gasteiger partial charge < -0.3 is 14.8 Å². The Morgan fingerprint density at radius 1 is 1.26 bits per heavy atom. The lowest BCUT2D eigenvalue weighted by atomic mass is 10.2. The van der Waals surface area contributed by atoms with Crippen LogP contribution in [0, 0.1) is 5.82 Å². The molecule has 0 unspecified atom stereocenters. The van der Waals surface area contributed by atoms with E-state index in [4.69, 9.17) is 4.42 Å². The number of carbonyl (C=O) groups excluding carboxylic acids is 1. The lowest BCUT2D eigenvalue weighted by Gasteiger charge is -2.05. The van der Waals surface area contributed by atoms with Crippen molar-refractivity contribution in [2.45, 2.75) is 0 Å². The fourth-order valence-electron chi connectivity index (χ4n) is 1.95. The molecule has 23 heavy (non-hydrogen) atoms.